The van der Waals surface area contributed by atoms with Crippen LogP contribution in [0.25, 0.3) is 0 Å². The van der Waals surface area contributed by atoms with Gasteiger partial charge in [0.1, 0.15) is 6.17 Å². The zero-order valence-electron chi connectivity index (χ0n) is 14.6. The van der Waals surface area contributed by atoms with E-state index in [0.29, 0.717) is 12.1 Å². The van der Waals surface area contributed by atoms with Crippen molar-refractivity contribution < 1.29 is 9.72 Å². The van der Waals surface area contributed by atoms with E-state index in [9.17, 15) is 14.9 Å². The third kappa shape index (κ3) is 9.41. The Morgan fingerprint density at radius 3 is 2.56 bits per heavy atom. The predicted octanol–water partition coefficient (Wildman–Crippen LogP) is 4.66. The van der Waals surface area contributed by atoms with Crippen molar-refractivity contribution in [2.45, 2.75) is 49.0 Å². The monoisotopic (exact) mass is 454 g/mol. The summed E-state index contributed by atoms with van der Waals surface area (Å²) in [7, 11) is 0. The summed E-state index contributed by atoms with van der Waals surface area (Å²) in [5.41, 5.74) is 0.289. The molecular weight excluding hydrogens is 435 g/mol. The van der Waals surface area contributed by atoms with Gasteiger partial charge in [0, 0.05) is 24.2 Å². The number of alkyl halides is 3. The number of amides is 1. The average Bonchev–Trinajstić information content (AvgIpc) is 2.57. The van der Waals surface area contributed by atoms with Crippen LogP contribution in [-0.4, -0.2) is 25.9 Å². The van der Waals surface area contributed by atoms with Gasteiger partial charge < -0.3 is 16.0 Å². The maximum atomic E-state index is 12.1. The van der Waals surface area contributed by atoms with Crippen molar-refractivity contribution in [2.24, 2.45) is 0 Å². The Bertz CT molecular complexity index is 671. The molecule has 0 aromatic heterocycles. The van der Waals surface area contributed by atoms with E-state index >= 15 is 0 Å². The van der Waals surface area contributed by atoms with Gasteiger partial charge in [-0.15, -0.1) is 0 Å². The molecule has 0 aliphatic carbocycles. The van der Waals surface area contributed by atoms with Gasteiger partial charge in [-0.05, 0) is 24.7 Å². The number of thiocarbonyl (C=S) groups is 1. The maximum absolute atomic E-state index is 12.1. The molecule has 1 aromatic carbocycles. The lowest BCUT2D eigenvalue weighted by molar-refractivity contribution is -0.384. The molecule has 11 heteroatoms. The molecule has 1 aromatic rings. The molecule has 150 valence electrons. The van der Waals surface area contributed by atoms with Gasteiger partial charge in [-0.2, -0.15) is 0 Å². The van der Waals surface area contributed by atoms with Gasteiger partial charge in [0.25, 0.3) is 5.69 Å². The van der Waals surface area contributed by atoms with Crippen LogP contribution in [0.5, 0.6) is 0 Å². The Morgan fingerprint density at radius 1 is 1.26 bits per heavy atom. The van der Waals surface area contributed by atoms with Crippen LogP contribution < -0.4 is 16.0 Å². The molecule has 1 amide bonds. The van der Waals surface area contributed by atoms with Gasteiger partial charge >= 0.3 is 0 Å². The molecule has 7 nitrogen and oxygen atoms in total. The number of anilines is 1. The third-order valence-electron chi connectivity index (χ3n) is 3.48. The second-order valence-electron chi connectivity index (χ2n) is 5.76. The van der Waals surface area contributed by atoms with E-state index in [1.54, 1.807) is 6.07 Å². The molecule has 1 unspecified atom stereocenters. The van der Waals surface area contributed by atoms with E-state index in [1.165, 1.54) is 18.2 Å². The number of hydrogen-bond acceptors (Lipinski definition) is 4. The first-order valence-corrected chi connectivity index (χ1v) is 9.85. The van der Waals surface area contributed by atoms with Gasteiger partial charge in [0.2, 0.25) is 9.70 Å². The number of unbranched alkanes of at least 4 members (excludes halogenated alkanes) is 3. The van der Waals surface area contributed by atoms with Crippen LogP contribution in [0.15, 0.2) is 24.3 Å². The quantitative estimate of drug-likeness (QED) is 0.125. The maximum Gasteiger partial charge on any atom is 0.271 e. The smallest absolute Gasteiger partial charge is 0.271 e. The highest BCUT2D eigenvalue weighted by Gasteiger charge is 2.34. The molecule has 0 heterocycles. The van der Waals surface area contributed by atoms with Crippen LogP contribution in [-0.2, 0) is 4.79 Å². The molecular formula is C16H21Cl3N4O3S. The summed E-state index contributed by atoms with van der Waals surface area (Å²) >= 11 is 22.9. The van der Waals surface area contributed by atoms with Gasteiger partial charge in [-0.1, -0.05) is 67.1 Å². The minimum Gasteiger partial charge on any atom is -0.339 e. The number of halogens is 3. The first kappa shape index (κ1) is 23.7. The van der Waals surface area contributed by atoms with Crippen LogP contribution in [0.1, 0.15) is 39.0 Å². The second-order valence-corrected chi connectivity index (χ2v) is 8.54. The molecule has 0 saturated carbocycles. The van der Waals surface area contributed by atoms with Crippen LogP contribution in [0.3, 0.4) is 0 Å². The Kier molecular flexibility index (Phi) is 10.1. The van der Waals surface area contributed by atoms with Crippen molar-refractivity contribution in [3.05, 3.63) is 34.4 Å². The van der Waals surface area contributed by atoms with Crippen LogP contribution in [0, 0.1) is 10.1 Å². The Morgan fingerprint density at radius 2 is 1.96 bits per heavy atom. The number of nitrogens with zero attached hydrogens (tertiary/aromatic N) is 1. The topological polar surface area (TPSA) is 96.3 Å². The van der Waals surface area contributed by atoms with Gasteiger partial charge in [0.15, 0.2) is 5.11 Å². The highest BCUT2D eigenvalue weighted by molar-refractivity contribution is 7.80. The Labute approximate surface area is 178 Å². The number of nitrogens with one attached hydrogen (secondary N) is 3. The van der Waals surface area contributed by atoms with Gasteiger partial charge in [-0.25, -0.2) is 0 Å². The fourth-order valence-electron chi connectivity index (χ4n) is 2.14. The largest absolute Gasteiger partial charge is 0.339 e. The molecule has 0 bridgehead atoms. The zero-order valence-corrected chi connectivity index (χ0v) is 17.7. The number of rotatable bonds is 9. The highest BCUT2D eigenvalue weighted by Crippen LogP contribution is 2.29. The minimum atomic E-state index is -1.85. The van der Waals surface area contributed by atoms with E-state index in [-0.39, 0.29) is 16.7 Å². The summed E-state index contributed by atoms with van der Waals surface area (Å²) in [6.45, 7) is 2.08. The van der Waals surface area contributed by atoms with Crippen LogP contribution >= 0.6 is 47.0 Å². The van der Waals surface area contributed by atoms with E-state index in [2.05, 4.69) is 22.9 Å². The van der Waals surface area contributed by atoms with Crippen LogP contribution in [0.4, 0.5) is 11.4 Å². The van der Waals surface area contributed by atoms with E-state index in [0.717, 1.165) is 25.7 Å². The number of nitro groups is 1. The first-order chi connectivity index (χ1) is 12.6. The number of carbonyl (C=O) groups excluding carboxylic acids is 1. The number of nitro benzene ring substituents is 1. The summed E-state index contributed by atoms with van der Waals surface area (Å²) in [4.78, 5) is 22.4. The van der Waals surface area contributed by atoms with Crippen molar-refractivity contribution >= 4 is 69.4 Å². The Balaban J connectivity index is 2.65. The standard InChI is InChI=1S/C16H21Cl3N4O3S/c1-2-3-4-5-9-13(24)21-14(16(17,18)19)22-15(27)20-11-7-6-8-12(10-11)23(25)26/h6-8,10,14H,2-5,9H2,1H3,(H,21,24)(H2,20,22,27). The van der Waals surface area contributed by atoms with Crippen molar-refractivity contribution in [2.75, 3.05) is 5.32 Å². The second kappa shape index (κ2) is 11.5. The number of non-ortho nitro benzene ring substituents is 1. The molecule has 27 heavy (non-hydrogen) atoms. The Hall–Kier alpha value is -1.35. The van der Waals surface area contributed by atoms with E-state index in [4.69, 9.17) is 47.0 Å². The van der Waals surface area contributed by atoms with Crippen molar-refractivity contribution in [1.29, 1.82) is 0 Å². The fourth-order valence-corrected chi connectivity index (χ4v) is 2.70. The summed E-state index contributed by atoms with van der Waals surface area (Å²) < 4.78 is -1.85. The highest BCUT2D eigenvalue weighted by atomic mass is 35.6. The number of carbonyl (C=O) groups is 1. The SMILES string of the molecule is CCCCCCC(=O)NC(NC(=S)Nc1cccc([N+](=O)[O-])c1)C(Cl)(Cl)Cl. The molecule has 0 fully saturated rings. The molecule has 0 aliphatic rings. The number of benzene rings is 1. The normalized spacial score (nSPS) is 12.1. The predicted molar refractivity (Wildman–Crippen MR) is 113 cm³/mol. The molecule has 0 spiro atoms. The van der Waals surface area contributed by atoms with Crippen LogP contribution in [0.2, 0.25) is 0 Å². The van der Waals surface area contributed by atoms with Crippen molar-refractivity contribution in [3.8, 4) is 0 Å². The summed E-state index contributed by atoms with van der Waals surface area (Å²) in [5.74, 6) is -0.270. The van der Waals surface area contributed by atoms with E-state index in [1.807, 2.05) is 0 Å². The summed E-state index contributed by atoms with van der Waals surface area (Å²) in [6.07, 6.45) is 3.04. The van der Waals surface area contributed by atoms with E-state index < -0.39 is 14.9 Å². The molecule has 0 saturated heterocycles. The molecule has 3 N–H and O–H groups in total. The summed E-state index contributed by atoms with van der Waals surface area (Å²) in [5, 5.41) is 18.9. The minimum absolute atomic E-state index is 0.0399. The lowest BCUT2D eigenvalue weighted by Gasteiger charge is -2.27. The van der Waals surface area contributed by atoms with Gasteiger partial charge in [-0.3, -0.25) is 14.9 Å². The van der Waals surface area contributed by atoms with Crippen molar-refractivity contribution in [3.63, 3.8) is 0 Å². The molecule has 0 radical (unpaired) electrons. The molecule has 0 aliphatic heterocycles. The fraction of sp³-hybridized carbons (Fsp3) is 0.500. The van der Waals surface area contributed by atoms with Gasteiger partial charge in [0.05, 0.1) is 4.92 Å². The lowest BCUT2D eigenvalue weighted by atomic mass is 10.1. The molecule has 1 atom stereocenters. The first-order valence-electron chi connectivity index (χ1n) is 8.31. The number of hydrogen-bond donors (Lipinski definition) is 3. The zero-order chi connectivity index (χ0) is 20.4. The van der Waals surface area contributed by atoms with Crippen molar-refractivity contribution in [1.82, 2.24) is 10.6 Å². The lowest BCUT2D eigenvalue weighted by Crippen LogP contribution is -2.56. The third-order valence-corrected chi connectivity index (χ3v) is 4.35. The summed E-state index contributed by atoms with van der Waals surface area (Å²) in [6, 6.07) is 5.76. The average molecular weight is 456 g/mol. The molecule has 1 rings (SSSR count).